The van der Waals surface area contributed by atoms with Gasteiger partial charge in [-0.25, -0.2) is 0 Å². The smallest absolute Gasteiger partial charge is 0.127 e. The number of thiophene rings is 1. The van der Waals surface area contributed by atoms with Gasteiger partial charge in [0.1, 0.15) is 5.75 Å². The summed E-state index contributed by atoms with van der Waals surface area (Å²) in [4.78, 5) is 2.50. The van der Waals surface area contributed by atoms with Gasteiger partial charge in [-0.15, -0.1) is 11.3 Å². The molecule has 0 radical (unpaired) electrons. The lowest BCUT2D eigenvalue weighted by molar-refractivity contribution is 0.284. The number of hydrogen-bond donors (Lipinski definition) is 1. The Hall–Kier alpha value is -1.32. The van der Waals surface area contributed by atoms with E-state index in [1.807, 2.05) is 0 Å². The van der Waals surface area contributed by atoms with Crippen molar-refractivity contribution in [1.82, 2.24) is 0 Å². The molecule has 3 rings (SSSR count). The first-order valence-electron chi connectivity index (χ1n) is 6.32. The van der Waals surface area contributed by atoms with Crippen LogP contribution in [-0.2, 0) is 6.42 Å². The van der Waals surface area contributed by atoms with Crippen LogP contribution in [-0.4, -0.2) is 6.61 Å². The van der Waals surface area contributed by atoms with Crippen LogP contribution in [0.3, 0.4) is 0 Å². The van der Waals surface area contributed by atoms with Crippen molar-refractivity contribution in [2.45, 2.75) is 25.8 Å². The Morgan fingerprint density at radius 3 is 2.94 bits per heavy atom. The maximum absolute atomic E-state index is 6.38. The van der Waals surface area contributed by atoms with Crippen molar-refractivity contribution in [2.24, 2.45) is 5.73 Å². The number of hydrogen-bond acceptors (Lipinski definition) is 3. The van der Waals surface area contributed by atoms with Crippen molar-refractivity contribution in [2.75, 3.05) is 6.61 Å². The van der Waals surface area contributed by atoms with Gasteiger partial charge >= 0.3 is 0 Å². The van der Waals surface area contributed by atoms with E-state index in [0.29, 0.717) is 0 Å². The summed E-state index contributed by atoms with van der Waals surface area (Å²) in [6.07, 6.45) is 2.20. The van der Waals surface area contributed by atoms with Crippen LogP contribution in [0.2, 0.25) is 0 Å². The van der Waals surface area contributed by atoms with Gasteiger partial charge in [0.15, 0.2) is 0 Å². The van der Waals surface area contributed by atoms with Gasteiger partial charge in [-0.05, 0) is 37.5 Å². The predicted molar refractivity (Wildman–Crippen MR) is 75.3 cm³/mol. The summed E-state index contributed by atoms with van der Waals surface area (Å²) in [7, 11) is 0. The monoisotopic (exact) mass is 259 g/mol. The molecule has 1 aromatic heterocycles. The summed E-state index contributed by atoms with van der Waals surface area (Å²) in [6.45, 7) is 2.91. The molecule has 0 fully saturated rings. The number of para-hydroxylation sites is 1. The van der Waals surface area contributed by atoms with Crippen molar-refractivity contribution in [3.63, 3.8) is 0 Å². The van der Waals surface area contributed by atoms with Crippen molar-refractivity contribution in [3.05, 3.63) is 51.2 Å². The Kier molecular flexibility index (Phi) is 3.10. The average Bonchev–Trinajstić information content (AvgIpc) is 2.84. The van der Waals surface area contributed by atoms with E-state index in [-0.39, 0.29) is 6.04 Å². The van der Waals surface area contributed by atoms with Gasteiger partial charge < -0.3 is 10.5 Å². The number of benzene rings is 1. The molecule has 0 bridgehead atoms. The highest BCUT2D eigenvalue weighted by Crippen LogP contribution is 2.36. The van der Waals surface area contributed by atoms with E-state index in [4.69, 9.17) is 10.5 Å². The standard InChI is InChI=1S/C15H17NOS/c1-10-7-8-13(18-10)14(16)12-6-2-4-11-5-3-9-17-15(11)12/h2,4,6-8,14H,3,5,9,16H2,1H3. The van der Waals surface area contributed by atoms with E-state index in [1.54, 1.807) is 11.3 Å². The van der Waals surface area contributed by atoms with Crippen molar-refractivity contribution >= 4 is 11.3 Å². The lowest BCUT2D eigenvalue weighted by atomic mass is 9.97. The highest BCUT2D eigenvalue weighted by molar-refractivity contribution is 7.12. The molecule has 0 saturated carbocycles. The highest BCUT2D eigenvalue weighted by atomic mass is 32.1. The van der Waals surface area contributed by atoms with Gasteiger partial charge in [0, 0.05) is 15.3 Å². The van der Waals surface area contributed by atoms with Crippen LogP contribution in [0.1, 0.15) is 33.3 Å². The summed E-state index contributed by atoms with van der Waals surface area (Å²) in [5.41, 5.74) is 8.80. The minimum atomic E-state index is -0.0725. The SMILES string of the molecule is Cc1ccc(C(N)c2cccc3c2OCCC3)s1. The minimum absolute atomic E-state index is 0.0725. The molecule has 1 aliphatic heterocycles. The third kappa shape index (κ3) is 2.04. The Labute approximate surface area is 111 Å². The van der Waals surface area contributed by atoms with Gasteiger partial charge in [0.2, 0.25) is 0 Å². The molecule has 0 saturated heterocycles. The summed E-state index contributed by atoms with van der Waals surface area (Å²) in [6, 6.07) is 10.5. The molecule has 2 aromatic rings. The predicted octanol–water partition coefficient (Wildman–Crippen LogP) is 3.43. The van der Waals surface area contributed by atoms with Gasteiger partial charge in [-0.2, -0.15) is 0 Å². The molecule has 2 heterocycles. The van der Waals surface area contributed by atoms with E-state index in [1.165, 1.54) is 15.3 Å². The zero-order chi connectivity index (χ0) is 12.5. The van der Waals surface area contributed by atoms with Crippen LogP contribution >= 0.6 is 11.3 Å². The Morgan fingerprint density at radius 2 is 2.17 bits per heavy atom. The van der Waals surface area contributed by atoms with Crippen molar-refractivity contribution in [1.29, 1.82) is 0 Å². The largest absolute Gasteiger partial charge is 0.493 e. The van der Waals surface area contributed by atoms with Crippen LogP contribution in [0.4, 0.5) is 0 Å². The molecule has 2 N–H and O–H groups in total. The topological polar surface area (TPSA) is 35.2 Å². The zero-order valence-electron chi connectivity index (χ0n) is 10.5. The summed E-state index contributed by atoms with van der Waals surface area (Å²) < 4.78 is 5.83. The Balaban J connectivity index is 2.01. The molecule has 3 heteroatoms. The lowest BCUT2D eigenvalue weighted by Gasteiger charge is -2.22. The number of fused-ring (bicyclic) bond motifs is 1. The number of rotatable bonds is 2. The third-order valence-corrected chi connectivity index (χ3v) is 4.45. The summed E-state index contributed by atoms with van der Waals surface area (Å²) in [5, 5.41) is 0. The molecule has 0 amide bonds. The summed E-state index contributed by atoms with van der Waals surface area (Å²) >= 11 is 1.76. The Morgan fingerprint density at radius 1 is 1.28 bits per heavy atom. The molecule has 18 heavy (non-hydrogen) atoms. The van der Waals surface area contributed by atoms with Crippen LogP contribution in [0.15, 0.2) is 30.3 Å². The van der Waals surface area contributed by atoms with E-state index in [0.717, 1.165) is 30.8 Å². The molecular formula is C15H17NOS. The van der Waals surface area contributed by atoms with Gasteiger partial charge in [0.05, 0.1) is 12.6 Å². The van der Waals surface area contributed by atoms with E-state index >= 15 is 0 Å². The van der Waals surface area contributed by atoms with Crippen LogP contribution in [0.5, 0.6) is 5.75 Å². The van der Waals surface area contributed by atoms with Gasteiger partial charge in [-0.1, -0.05) is 18.2 Å². The quantitative estimate of drug-likeness (QED) is 0.896. The summed E-state index contributed by atoms with van der Waals surface area (Å²) in [5.74, 6) is 1.02. The molecule has 1 aromatic carbocycles. The molecular weight excluding hydrogens is 242 g/mol. The number of aryl methyl sites for hydroxylation is 2. The molecule has 1 unspecified atom stereocenters. The van der Waals surface area contributed by atoms with Crippen LogP contribution < -0.4 is 10.5 Å². The minimum Gasteiger partial charge on any atom is -0.493 e. The highest BCUT2D eigenvalue weighted by Gasteiger charge is 2.20. The maximum Gasteiger partial charge on any atom is 0.127 e. The normalized spacial score (nSPS) is 15.9. The van der Waals surface area contributed by atoms with E-state index in [2.05, 4.69) is 37.3 Å². The van der Waals surface area contributed by atoms with Crippen LogP contribution in [0.25, 0.3) is 0 Å². The second-order valence-corrected chi connectivity index (χ2v) is 6.03. The van der Waals surface area contributed by atoms with E-state index in [9.17, 15) is 0 Å². The zero-order valence-corrected chi connectivity index (χ0v) is 11.3. The fourth-order valence-corrected chi connectivity index (χ4v) is 3.33. The number of ether oxygens (including phenoxy) is 1. The second kappa shape index (κ2) is 4.75. The molecule has 0 aliphatic carbocycles. The van der Waals surface area contributed by atoms with Crippen LogP contribution in [0, 0.1) is 6.92 Å². The third-order valence-electron chi connectivity index (χ3n) is 3.37. The maximum atomic E-state index is 6.38. The fourth-order valence-electron chi connectivity index (χ4n) is 2.43. The second-order valence-electron chi connectivity index (χ2n) is 4.71. The molecule has 1 atom stereocenters. The Bertz CT molecular complexity index is 561. The molecule has 1 aliphatic rings. The first kappa shape index (κ1) is 11.8. The molecule has 0 spiro atoms. The average molecular weight is 259 g/mol. The van der Waals surface area contributed by atoms with Gasteiger partial charge in [-0.3, -0.25) is 0 Å². The van der Waals surface area contributed by atoms with Crippen molar-refractivity contribution < 1.29 is 4.74 Å². The molecule has 2 nitrogen and oxygen atoms in total. The first-order chi connectivity index (χ1) is 8.75. The molecule has 94 valence electrons. The van der Waals surface area contributed by atoms with E-state index < -0.39 is 0 Å². The number of nitrogens with two attached hydrogens (primary N) is 1. The lowest BCUT2D eigenvalue weighted by Crippen LogP contribution is -2.16. The first-order valence-corrected chi connectivity index (χ1v) is 7.14. The fraction of sp³-hybridized carbons (Fsp3) is 0.333. The van der Waals surface area contributed by atoms with Crippen molar-refractivity contribution in [3.8, 4) is 5.75 Å². The van der Waals surface area contributed by atoms with Gasteiger partial charge in [0.25, 0.3) is 0 Å².